The number of amides is 1. The normalized spacial score (nSPS) is 13.3. The number of benzene rings is 1. The monoisotopic (exact) mass is 316 g/mol. The molecular weight excluding hydrogens is 299 g/mol. The van der Waals surface area contributed by atoms with Gasteiger partial charge in [-0.25, -0.2) is 4.39 Å². The van der Waals surface area contributed by atoms with Gasteiger partial charge in [0.2, 0.25) is 5.91 Å². The predicted octanol–water partition coefficient (Wildman–Crippen LogP) is 3.21. The van der Waals surface area contributed by atoms with Gasteiger partial charge in [-0.05, 0) is 46.0 Å². The van der Waals surface area contributed by atoms with Gasteiger partial charge in [-0.1, -0.05) is 20.8 Å². The maximum atomic E-state index is 13.3. The van der Waals surface area contributed by atoms with E-state index in [1.165, 1.54) is 12.1 Å². The maximum absolute atomic E-state index is 13.3. The van der Waals surface area contributed by atoms with Crippen LogP contribution in [0.1, 0.15) is 26.3 Å². The number of nitrogens with one attached hydrogen (secondary N) is 1. The molecule has 0 heterocycles. The van der Waals surface area contributed by atoms with Crippen molar-refractivity contribution in [2.45, 2.75) is 33.7 Å². The number of halogens is 2. The van der Waals surface area contributed by atoms with Gasteiger partial charge in [0.1, 0.15) is 5.82 Å². The van der Waals surface area contributed by atoms with Gasteiger partial charge in [0, 0.05) is 5.69 Å². The van der Waals surface area contributed by atoms with Crippen molar-refractivity contribution >= 4 is 27.5 Å². The lowest BCUT2D eigenvalue weighted by Gasteiger charge is -2.26. The van der Waals surface area contributed by atoms with Crippen molar-refractivity contribution < 1.29 is 9.18 Å². The Bertz CT molecular complexity index is 469. The quantitative estimate of drug-likeness (QED) is 0.880. The van der Waals surface area contributed by atoms with E-state index in [1.54, 1.807) is 6.92 Å². The van der Waals surface area contributed by atoms with Gasteiger partial charge in [0.25, 0.3) is 0 Å². The zero-order valence-electron chi connectivity index (χ0n) is 11.0. The van der Waals surface area contributed by atoms with E-state index < -0.39 is 6.04 Å². The summed E-state index contributed by atoms with van der Waals surface area (Å²) in [4.78, 5) is 12.0. The lowest BCUT2D eigenvalue weighted by atomic mass is 9.87. The summed E-state index contributed by atoms with van der Waals surface area (Å²) in [7, 11) is 0. The van der Waals surface area contributed by atoms with Gasteiger partial charge in [0.15, 0.2) is 0 Å². The van der Waals surface area contributed by atoms with Crippen LogP contribution in [0.25, 0.3) is 0 Å². The molecule has 0 spiro atoms. The molecule has 0 unspecified atom stereocenters. The second kappa shape index (κ2) is 5.36. The third-order valence-electron chi connectivity index (χ3n) is 2.74. The molecule has 100 valence electrons. The second-order valence-electron chi connectivity index (χ2n) is 5.41. The molecule has 1 amide bonds. The van der Waals surface area contributed by atoms with Gasteiger partial charge >= 0.3 is 0 Å². The smallest absolute Gasteiger partial charge is 0.241 e. The first-order valence-electron chi connectivity index (χ1n) is 5.65. The van der Waals surface area contributed by atoms with Crippen LogP contribution in [-0.2, 0) is 4.79 Å². The Labute approximate surface area is 115 Å². The average Bonchev–Trinajstić information content (AvgIpc) is 2.23. The molecule has 1 rings (SSSR count). The highest BCUT2D eigenvalue weighted by molar-refractivity contribution is 9.10. The number of hydrogen-bond donors (Lipinski definition) is 2. The first-order chi connectivity index (χ1) is 8.12. The third kappa shape index (κ3) is 3.53. The van der Waals surface area contributed by atoms with Crippen molar-refractivity contribution in [3.63, 3.8) is 0 Å². The van der Waals surface area contributed by atoms with Crippen LogP contribution in [0.4, 0.5) is 10.1 Å². The van der Waals surface area contributed by atoms with Crippen molar-refractivity contribution in [1.82, 2.24) is 0 Å². The van der Waals surface area contributed by atoms with Crippen LogP contribution in [0.5, 0.6) is 0 Å². The van der Waals surface area contributed by atoms with Gasteiger partial charge in [0.05, 0.1) is 10.5 Å². The Kier molecular flexibility index (Phi) is 4.50. The van der Waals surface area contributed by atoms with E-state index in [0.29, 0.717) is 15.7 Å². The summed E-state index contributed by atoms with van der Waals surface area (Å²) < 4.78 is 13.6. The fourth-order valence-corrected chi connectivity index (χ4v) is 1.73. The molecule has 0 aliphatic heterocycles. The highest BCUT2D eigenvalue weighted by Crippen LogP contribution is 2.25. The fourth-order valence-electron chi connectivity index (χ4n) is 1.38. The molecule has 0 aliphatic rings. The number of rotatable bonds is 2. The highest BCUT2D eigenvalue weighted by Gasteiger charge is 2.27. The lowest BCUT2D eigenvalue weighted by Crippen LogP contribution is -2.45. The molecule has 1 atom stereocenters. The Morgan fingerprint density at radius 3 is 2.50 bits per heavy atom. The summed E-state index contributed by atoms with van der Waals surface area (Å²) in [5, 5.41) is 2.72. The standard InChI is InChI=1S/C13H18BrFN2O/c1-7-5-9(15)8(14)6-10(7)17-12(18)11(16)13(2,3)4/h5-6,11H,16H2,1-4H3,(H,17,18)/t11-/m1/s1. The van der Waals surface area contributed by atoms with Crippen LogP contribution < -0.4 is 11.1 Å². The van der Waals surface area contributed by atoms with Gasteiger partial charge in [-0.2, -0.15) is 0 Å². The highest BCUT2D eigenvalue weighted by atomic mass is 79.9. The van der Waals surface area contributed by atoms with Crippen molar-refractivity contribution in [2.24, 2.45) is 11.1 Å². The summed E-state index contributed by atoms with van der Waals surface area (Å²) in [6.07, 6.45) is 0. The Morgan fingerprint density at radius 1 is 1.44 bits per heavy atom. The molecule has 1 aromatic rings. The summed E-state index contributed by atoms with van der Waals surface area (Å²) in [6.45, 7) is 7.41. The number of carbonyl (C=O) groups excluding carboxylic acids is 1. The van der Waals surface area contributed by atoms with Crippen LogP contribution in [0.3, 0.4) is 0 Å². The molecule has 3 N–H and O–H groups in total. The van der Waals surface area contributed by atoms with E-state index in [-0.39, 0.29) is 17.1 Å². The molecule has 0 radical (unpaired) electrons. The zero-order valence-corrected chi connectivity index (χ0v) is 12.6. The topological polar surface area (TPSA) is 55.1 Å². The Balaban J connectivity index is 2.92. The SMILES string of the molecule is Cc1cc(F)c(Br)cc1NC(=O)[C@@H](N)C(C)(C)C. The number of nitrogens with two attached hydrogens (primary N) is 1. The summed E-state index contributed by atoms with van der Waals surface area (Å²) in [6, 6.07) is 2.28. The number of aryl methyl sites for hydroxylation is 1. The molecule has 0 aliphatic carbocycles. The first kappa shape index (κ1) is 15.1. The average molecular weight is 317 g/mol. The molecule has 0 aromatic heterocycles. The molecule has 0 bridgehead atoms. The fraction of sp³-hybridized carbons (Fsp3) is 0.462. The van der Waals surface area contributed by atoms with Crippen molar-refractivity contribution in [3.8, 4) is 0 Å². The van der Waals surface area contributed by atoms with E-state index in [9.17, 15) is 9.18 Å². The largest absolute Gasteiger partial charge is 0.324 e. The molecule has 0 fully saturated rings. The second-order valence-corrected chi connectivity index (χ2v) is 6.27. The van der Waals surface area contributed by atoms with E-state index in [4.69, 9.17) is 5.73 Å². The van der Waals surface area contributed by atoms with Crippen LogP contribution >= 0.6 is 15.9 Å². The minimum atomic E-state index is -0.624. The summed E-state index contributed by atoms with van der Waals surface area (Å²) in [5.74, 6) is -0.630. The molecular formula is C13H18BrFN2O. The lowest BCUT2D eigenvalue weighted by molar-refractivity contribution is -0.119. The Hall–Kier alpha value is -0.940. The van der Waals surface area contributed by atoms with Crippen molar-refractivity contribution in [1.29, 1.82) is 0 Å². The van der Waals surface area contributed by atoms with Crippen LogP contribution in [0.15, 0.2) is 16.6 Å². The van der Waals surface area contributed by atoms with Crippen LogP contribution in [0, 0.1) is 18.2 Å². The maximum Gasteiger partial charge on any atom is 0.241 e. The first-order valence-corrected chi connectivity index (χ1v) is 6.44. The molecule has 5 heteroatoms. The van der Waals surface area contributed by atoms with Gasteiger partial charge in [-0.3, -0.25) is 4.79 Å². The van der Waals surface area contributed by atoms with E-state index in [0.717, 1.165) is 0 Å². The molecule has 18 heavy (non-hydrogen) atoms. The van der Waals surface area contributed by atoms with Crippen LogP contribution in [0.2, 0.25) is 0 Å². The third-order valence-corrected chi connectivity index (χ3v) is 3.35. The van der Waals surface area contributed by atoms with E-state index in [2.05, 4.69) is 21.2 Å². The minimum absolute atomic E-state index is 0.274. The van der Waals surface area contributed by atoms with Crippen molar-refractivity contribution in [3.05, 3.63) is 28.0 Å². The zero-order chi connectivity index (χ0) is 14.1. The van der Waals surface area contributed by atoms with E-state index in [1.807, 2.05) is 20.8 Å². The molecule has 0 saturated carbocycles. The van der Waals surface area contributed by atoms with Crippen molar-refractivity contribution in [2.75, 3.05) is 5.32 Å². The summed E-state index contributed by atoms with van der Waals surface area (Å²) >= 11 is 3.09. The van der Waals surface area contributed by atoms with Gasteiger partial charge < -0.3 is 11.1 Å². The summed E-state index contributed by atoms with van der Waals surface area (Å²) in [5.41, 5.74) is 6.76. The number of anilines is 1. The minimum Gasteiger partial charge on any atom is -0.324 e. The number of carbonyl (C=O) groups is 1. The Morgan fingerprint density at radius 2 is 2.00 bits per heavy atom. The molecule has 1 aromatic carbocycles. The molecule has 3 nitrogen and oxygen atoms in total. The predicted molar refractivity (Wildman–Crippen MR) is 74.9 cm³/mol. The van der Waals surface area contributed by atoms with E-state index >= 15 is 0 Å². The van der Waals surface area contributed by atoms with Crippen LogP contribution in [-0.4, -0.2) is 11.9 Å². The number of hydrogen-bond acceptors (Lipinski definition) is 2. The molecule has 0 saturated heterocycles. The van der Waals surface area contributed by atoms with Gasteiger partial charge in [-0.15, -0.1) is 0 Å².